The summed E-state index contributed by atoms with van der Waals surface area (Å²) in [7, 11) is 0. The van der Waals surface area contributed by atoms with E-state index in [4.69, 9.17) is 0 Å². The zero-order valence-corrected chi connectivity index (χ0v) is 4.99. The van der Waals surface area contributed by atoms with E-state index in [9.17, 15) is 0 Å². The molecule has 0 aromatic carbocycles. The van der Waals surface area contributed by atoms with Gasteiger partial charge in [-0.2, -0.15) is 0 Å². The number of hydrogen-bond donors (Lipinski definition) is 0. The van der Waals surface area contributed by atoms with Crippen LogP contribution in [0.2, 0.25) is 0 Å². The van der Waals surface area contributed by atoms with Crippen LogP contribution in [0.5, 0.6) is 0 Å². The van der Waals surface area contributed by atoms with Crippen LogP contribution in [0.3, 0.4) is 0 Å². The summed E-state index contributed by atoms with van der Waals surface area (Å²) >= 11 is 0. The first kappa shape index (κ1) is 4.74. The molecule has 0 aliphatic heterocycles. The molecule has 0 N–H and O–H groups in total. The Kier molecular flexibility index (Phi) is 0.890. The second kappa shape index (κ2) is 1.69. The van der Waals surface area contributed by atoms with Crippen LogP contribution in [0.1, 0.15) is 11.6 Å². The van der Waals surface area contributed by atoms with Gasteiger partial charge < -0.3 is 0 Å². The van der Waals surface area contributed by atoms with Crippen LogP contribution in [0.4, 0.5) is 0 Å². The molecule has 1 heteroatoms. The molecule has 0 unspecified atom stereocenters. The van der Waals surface area contributed by atoms with E-state index >= 15 is 0 Å². The van der Waals surface area contributed by atoms with Crippen molar-refractivity contribution in [2.24, 2.45) is 0 Å². The van der Waals surface area contributed by atoms with Gasteiger partial charge in [0.05, 0.1) is 5.69 Å². The van der Waals surface area contributed by atoms with Gasteiger partial charge in [0.15, 0.2) is 0 Å². The molecule has 1 aromatic rings. The van der Waals surface area contributed by atoms with E-state index < -0.39 is 0 Å². The molecule has 0 atom stereocenters. The van der Waals surface area contributed by atoms with E-state index in [1.54, 1.807) is 0 Å². The first-order valence-electron chi connectivity index (χ1n) is 3.06. The van der Waals surface area contributed by atoms with Gasteiger partial charge in [0, 0.05) is 12.1 Å². The average molecular weight is 117 g/mol. The summed E-state index contributed by atoms with van der Waals surface area (Å²) in [6.45, 7) is 0. The lowest BCUT2D eigenvalue weighted by Gasteiger charge is -1.92. The number of rotatable bonds is 1. The minimum atomic E-state index is 0.547. The minimum Gasteiger partial charge on any atom is -0.260 e. The van der Waals surface area contributed by atoms with Gasteiger partial charge in [0.2, 0.25) is 0 Å². The molecule has 44 valence electrons. The molecule has 0 spiro atoms. The third kappa shape index (κ3) is 0.854. The van der Waals surface area contributed by atoms with E-state index in [0.717, 1.165) is 5.69 Å². The number of nitrogens with zero attached hydrogens (tertiary/aromatic N) is 1. The van der Waals surface area contributed by atoms with Crippen LogP contribution < -0.4 is 0 Å². The van der Waals surface area contributed by atoms with Crippen LogP contribution in [-0.2, 0) is 0 Å². The minimum absolute atomic E-state index is 0.547. The van der Waals surface area contributed by atoms with Crippen LogP contribution in [0, 0.1) is 0 Å². The van der Waals surface area contributed by atoms with E-state index in [0.29, 0.717) is 5.92 Å². The molecule has 2 rings (SSSR count). The van der Waals surface area contributed by atoms with Crippen LogP contribution in [0.25, 0.3) is 0 Å². The SMILES string of the molecule is C1=CC1c1ccccn1. The molecule has 1 nitrogen and oxygen atoms in total. The second-order valence-corrected chi connectivity index (χ2v) is 2.17. The van der Waals surface area contributed by atoms with E-state index in [2.05, 4.69) is 17.1 Å². The molecule has 1 heterocycles. The summed E-state index contributed by atoms with van der Waals surface area (Å²) in [4.78, 5) is 4.18. The highest BCUT2D eigenvalue weighted by Gasteiger charge is 2.13. The first-order chi connectivity index (χ1) is 4.47. The normalized spacial score (nSPS) is 16.0. The molecule has 0 saturated heterocycles. The highest BCUT2D eigenvalue weighted by Crippen LogP contribution is 2.26. The Balaban J connectivity index is 2.30. The Morgan fingerprint density at radius 2 is 2.11 bits per heavy atom. The van der Waals surface area contributed by atoms with Crippen molar-refractivity contribution in [3.63, 3.8) is 0 Å². The molecule has 0 fully saturated rings. The Morgan fingerprint density at radius 1 is 1.22 bits per heavy atom. The van der Waals surface area contributed by atoms with Crippen LogP contribution >= 0.6 is 0 Å². The summed E-state index contributed by atoms with van der Waals surface area (Å²) in [5.74, 6) is 0.547. The van der Waals surface area contributed by atoms with E-state index in [-0.39, 0.29) is 0 Å². The topological polar surface area (TPSA) is 12.9 Å². The van der Waals surface area contributed by atoms with Crippen molar-refractivity contribution < 1.29 is 0 Å². The Hall–Kier alpha value is -1.11. The van der Waals surface area contributed by atoms with Gasteiger partial charge in [0.1, 0.15) is 0 Å². The lowest BCUT2D eigenvalue weighted by Crippen LogP contribution is -1.82. The van der Waals surface area contributed by atoms with Gasteiger partial charge in [-0.3, -0.25) is 4.98 Å². The maximum atomic E-state index is 4.18. The molecule has 0 saturated carbocycles. The molecule has 9 heavy (non-hydrogen) atoms. The molecule has 1 aliphatic carbocycles. The van der Waals surface area contributed by atoms with Gasteiger partial charge in [0.25, 0.3) is 0 Å². The number of allylic oxidation sites excluding steroid dienone is 2. The third-order valence-electron chi connectivity index (χ3n) is 1.41. The standard InChI is InChI=1S/C8H7N/c1-2-6-9-8(3-1)7-4-5-7/h1-7H. The average Bonchev–Trinajstić information content (AvgIpc) is 2.71. The zero-order valence-electron chi connectivity index (χ0n) is 4.99. The van der Waals surface area contributed by atoms with Crippen molar-refractivity contribution in [2.45, 2.75) is 5.92 Å². The predicted octanol–water partition coefficient (Wildman–Crippen LogP) is 1.73. The number of pyridine rings is 1. The monoisotopic (exact) mass is 117 g/mol. The maximum Gasteiger partial charge on any atom is 0.0510 e. The predicted molar refractivity (Wildman–Crippen MR) is 36.1 cm³/mol. The van der Waals surface area contributed by atoms with Crippen molar-refractivity contribution in [2.75, 3.05) is 0 Å². The molecule has 0 bridgehead atoms. The highest BCUT2D eigenvalue weighted by atomic mass is 14.7. The largest absolute Gasteiger partial charge is 0.260 e. The fraction of sp³-hybridized carbons (Fsp3) is 0.125. The van der Waals surface area contributed by atoms with Crippen molar-refractivity contribution in [3.8, 4) is 0 Å². The van der Waals surface area contributed by atoms with Crippen LogP contribution in [-0.4, -0.2) is 4.98 Å². The van der Waals surface area contributed by atoms with Crippen LogP contribution in [0.15, 0.2) is 36.5 Å². The molecular weight excluding hydrogens is 110 g/mol. The maximum absolute atomic E-state index is 4.18. The summed E-state index contributed by atoms with van der Waals surface area (Å²) in [6, 6.07) is 6.00. The molecular formula is C8H7N. The third-order valence-corrected chi connectivity index (χ3v) is 1.41. The van der Waals surface area contributed by atoms with Gasteiger partial charge in [-0.25, -0.2) is 0 Å². The van der Waals surface area contributed by atoms with Crippen molar-refractivity contribution in [1.29, 1.82) is 0 Å². The molecule has 0 radical (unpaired) electrons. The van der Waals surface area contributed by atoms with Crippen molar-refractivity contribution in [3.05, 3.63) is 42.2 Å². The molecule has 1 aliphatic rings. The Labute approximate surface area is 54.1 Å². The summed E-state index contributed by atoms with van der Waals surface area (Å²) < 4.78 is 0. The lowest BCUT2D eigenvalue weighted by atomic mass is 10.2. The summed E-state index contributed by atoms with van der Waals surface area (Å²) in [5.41, 5.74) is 1.16. The smallest absolute Gasteiger partial charge is 0.0510 e. The number of hydrogen-bond acceptors (Lipinski definition) is 1. The van der Waals surface area contributed by atoms with Crippen molar-refractivity contribution in [1.82, 2.24) is 4.98 Å². The Bertz CT molecular complexity index is 220. The molecule has 0 amide bonds. The molecule has 1 aromatic heterocycles. The quantitative estimate of drug-likeness (QED) is 0.510. The first-order valence-corrected chi connectivity index (χ1v) is 3.06. The van der Waals surface area contributed by atoms with E-state index in [1.165, 1.54) is 0 Å². The van der Waals surface area contributed by atoms with Gasteiger partial charge >= 0.3 is 0 Å². The van der Waals surface area contributed by atoms with Crippen molar-refractivity contribution >= 4 is 0 Å². The highest BCUT2D eigenvalue weighted by molar-refractivity contribution is 5.32. The lowest BCUT2D eigenvalue weighted by molar-refractivity contribution is 1.09. The van der Waals surface area contributed by atoms with E-state index in [1.807, 2.05) is 24.4 Å². The fourth-order valence-electron chi connectivity index (χ4n) is 0.826. The summed E-state index contributed by atoms with van der Waals surface area (Å²) in [6.07, 6.45) is 6.11. The fourth-order valence-corrected chi connectivity index (χ4v) is 0.826. The van der Waals surface area contributed by atoms with Gasteiger partial charge in [-0.15, -0.1) is 0 Å². The van der Waals surface area contributed by atoms with Gasteiger partial charge in [-0.05, 0) is 12.1 Å². The zero-order chi connectivity index (χ0) is 6.10. The Morgan fingerprint density at radius 3 is 2.67 bits per heavy atom. The summed E-state index contributed by atoms with van der Waals surface area (Å²) in [5, 5.41) is 0. The second-order valence-electron chi connectivity index (χ2n) is 2.17. The number of aromatic nitrogens is 1. The van der Waals surface area contributed by atoms with Gasteiger partial charge in [-0.1, -0.05) is 18.2 Å².